The van der Waals surface area contributed by atoms with Gasteiger partial charge in [-0.1, -0.05) is 19.3 Å². The Balaban J connectivity index is 2.06. The van der Waals surface area contributed by atoms with Crippen LogP contribution in [0.25, 0.3) is 0 Å². The van der Waals surface area contributed by atoms with Crippen molar-refractivity contribution in [3.8, 4) is 0 Å². The molecule has 1 saturated carbocycles. The first-order valence-corrected chi connectivity index (χ1v) is 9.65. The molecule has 0 saturated heterocycles. The lowest BCUT2D eigenvalue weighted by Crippen LogP contribution is -2.33. The van der Waals surface area contributed by atoms with E-state index in [0.29, 0.717) is 5.69 Å². The molecule has 0 heterocycles. The molecule has 6 heteroatoms. The number of amides is 1. The van der Waals surface area contributed by atoms with E-state index in [4.69, 9.17) is 0 Å². The van der Waals surface area contributed by atoms with E-state index in [9.17, 15) is 13.2 Å². The highest BCUT2D eigenvalue weighted by Gasteiger charge is 2.24. The minimum Gasteiger partial charge on any atom is -0.326 e. The van der Waals surface area contributed by atoms with Crippen LogP contribution in [0.4, 0.5) is 5.69 Å². The van der Waals surface area contributed by atoms with Crippen LogP contribution in [0.15, 0.2) is 29.2 Å². The number of nitrogens with one attached hydrogen (secondary N) is 1. The standard InChI is InChI=1S/C17H26N2O3S/c1-13(2)19(3)23(21,22)16-11-9-15(10-12-16)18-17(20)14-7-5-4-6-8-14/h9-14H,4-8H2,1-3H3,(H,18,20). The number of carbonyl (C=O) groups excluding carboxylic acids is 1. The molecule has 0 radical (unpaired) electrons. The van der Waals surface area contributed by atoms with Crippen molar-refractivity contribution in [2.45, 2.75) is 56.9 Å². The molecule has 0 unspecified atom stereocenters. The summed E-state index contributed by atoms with van der Waals surface area (Å²) in [5, 5.41) is 2.89. The molecule has 1 fully saturated rings. The van der Waals surface area contributed by atoms with Crippen LogP contribution >= 0.6 is 0 Å². The predicted molar refractivity (Wildman–Crippen MR) is 91.7 cm³/mol. The molecule has 0 aliphatic heterocycles. The van der Waals surface area contributed by atoms with Crippen LogP contribution in [0, 0.1) is 5.92 Å². The van der Waals surface area contributed by atoms with Crippen LogP contribution in [0.3, 0.4) is 0 Å². The minimum atomic E-state index is -3.48. The topological polar surface area (TPSA) is 66.5 Å². The van der Waals surface area contributed by atoms with Crippen LogP contribution in [-0.4, -0.2) is 31.7 Å². The number of hydrogen-bond acceptors (Lipinski definition) is 3. The summed E-state index contributed by atoms with van der Waals surface area (Å²) in [6.45, 7) is 3.66. The summed E-state index contributed by atoms with van der Waals surface area (Å²) >= 11 is 0. The SMILES string of the molecule is CC(C)N(C)S(=O)(=O)c1ccc(NC(=O)C2CCCCC2)cc1. The monoisotopic (exact) mass is 338 g/mol. The summed E-state index contributed by atoms with van der Waals surface area (Å²) in [7, 11) is -1.92. The Morgan fingerprint density at radius 2 is 1.70 bits per heavy atom. The lowest BCUT2D eigenvalue weighted by atomic mass is 9.88. The van der Waals surface area contributed by atoms with E-state index < -0.39 is 10.0 Å². The van der Waals surface area contributed by atoms with Crippen molar-refractivity contribution >= 4 is 21.6 Å². The third kappa shape index (κ3) is 4.32. The maximum absolute atomic E-state index is 12.4. The van der Waals surface area contributed by atoms with Gasteiger partial charge in [0.25, 0.3) is 0 Å². The molecule has 0 atom stereocenters. The number of sulfonamides is 1. The van der Waals surface area contributed by atoms with Gasteiger partial charge in [-0.2, -0.15) is 4.31 Å². The van der Waals surface area contributed by atoms with E-state index in [0.717, 1.165) is 25.7 Å². The van der Waals surface area contributed by atoms with E-state index >= 15 is 0 Å². The lowest BCUT2D eigenvalue weighted by Gasteiger charge is -2.22. The Kier molecular flexibility index (Phi) is 5.81. The van der Waals surface area contributed by atoms with Gasteiger partial charge in [-0.25, -0.2) is 8.42 Å². The molecule has 1 aromatic rings. The molecule has 1 aliphatic carbocycles. The fraction of sp³-hybridized carbons (Fsp3) is 0.588. The molecular formula is C17H26N2O3S. The number of anilines is 1. The van der Waals surface area contributed by atoms with Crippen molar-refractivity contribution < 1.29 is 13.2 Å². The van der Waals surface area contributed by atoms with Gasteiger partial charge >= 0.3 is 0 Å². The molecule has 23 heavy (non-hydrogen) atoms. The van der Waals surface area contributed by atoms with Gasteiger partial charge in [-0.05, 0) is 51.0 Å². The van der Waals surface area contributed by atoms with Crippen molar-refractivity contribution in [3.63, 3.8) is 0 Å². The Morgan fingerprint density at radius 3 is 2.22 bits per heavy atom. The van der Waals surface area contributed by atoms with Crippen molar-refractivity contribution in [1.29, 1.82) is 0 Å². The second-order valence-electron chi connectivity index (χ2n) is 6.46. The maximum Gasteiger partial charge on any atom is 0.243 e. The van der Waals surface area contributed by atoms with Crippen LogP contribution in [-0.2, 0) is 14.8 Å². The van der Waals surface area contributed by atoms with Crippen LogP contribution in [0.2, 0.25) is 0 Å². The summed E-state index contributed by atoms with van der Waals surface area (Å²) in [4.78, 5) is 12.4. The summed E-state index contributed by atoms with van der Waals surface area (Å²) < 4.78 is 26.1. The molecular weight excluding hydrogens is 312 g/mol. The van der Waals surface area contributed by atoms with Gasteiger partial charge in [0.15, 0.2) is 0 Å². The molecule has 1 amide bonds. The molecule has 1 N–H and O–H groups in total. The zero-order valence-electron chi connectivity index (χ0n) is 14.1. The third-order valence-electron chi connectivity index (χ3n) is 4.50. The van der Waals surface area contributed by atoms with E-state index in [1.54, 1.807) is 31.3 Å². The van der Waals surface area contributed by atoms with Crippen molar-refractivity contribution in [2.24, 2.45) is 5.92 Å². The number of benzene rings is 1. The first-order valence-electron chi connectivity index (χ1n) is 8.21. The smallest absolute Gasteiger partial charge is 0.243 e. The first kappa shape index (κ1) is 17.9. The summed E-state index contributed by atoms with van der Waals surface area (Å²) in [6.07, 6.45) is 5.31. The fourth-order valence-electron chi connectivity index (χ4n) is 2.76. The Labute approximate surface area is 139 Å². The third-order valence-corrected chi connectivity index (χ3v) is 6.55. The first-order chi connectivity index (χ1) is 10.8. The largest absolute Gasteiger partial charge is 0.326 e. The number of hydrogen-bond donors (Lipinski definition) is 1. The minimum absolute atomic E-state index is 0.0413. The maximum atomic E-state index is 12.4. The van der Waals surface area contributed by atoms with Crippen molar-refractivity contribution in [1.82, 2.24) is 4.31 Å². The number of carbonyl (C=O) groups is 1. The fourth-order valence-corrected chi connectivity index (χ4v) is 4.13. The highest BCUT2D eigenvalue weighted by Crippen LogP contribution is 2.25. The van der Waals surface area contributed by atoms with Crippen LogP contribution in [0.1, 0.15) is 46.0 Å². The molecule has 0 aromatic heterocycles. The zero-order chi connectivity index (χ0) is 17.0. The van der Waals surface area contributed by atoms with Gasteiger partial charge in [0.2, 0.25) is 15.9 Å². The molecule has 128 valence electrons. The van der Waals surface area contributed by atoms with Crippen molar-refractivity contribution in [3.05, 3.63) is 24.3 Å². The Bertz CT molecular complexity index is 632. The quantitative estimate of drug-likeness (QED) is 0.896. The van der Waals surface area contributed by atoms with E-state index in [-0.39, 0.29) is 22.8 Å². The van der Waals surface area contributed by atoms with E-state index in [1.165, 1.54) is 10.7 Å². The molecule has 0 spiro atoms. The highest BCUT2D eigenvalue weighted by atomic mass is 32.2. The Morgan fingerprint density at radius 1 is 1.13 bits per heavy atom. The van der Waals surface area contributed by atoms with Gasteiger partial charge < -0.3 is 5.32 Å². The summed E-state index contributed by atoms with van der Waals surface area (Å²) in [5.74, 6) is 0.124. The average molecular weight is 338 g/mol. The van der Waals surface area contributed by atoms with E-state index in [1.807, 2.05) is 13.8 Å². The second kappa shape index (κ2) is 7.45. The lowest BCUT2D eigenvalue weighted by molar-refractivity contribution is -0.120. The van der Waals surface area contributed by atoms with Crippen LogP contribution in [0.5, 0.6) is 0 Å². The predicted octanol–water partition coefficient (Wildman–Crippen LogP) is 3.23. The average Bonchev–Trinajstić information content (AvgIpc) is 2.55. The van der Waals surface area contributed by atoms with Gasteiger partial charge in [0.05, 0.1) is 4.90 Å². The molecule has 2 rings (SSSR count). The normalized spacial score (nSPS) is 16.7. The van der Waals surface area contributed by atoms with Crippen LogP contribution < -0.4 is 5.32 Å². The van der Waals surface area contributed by atoms with Crippen molar-refractivity contribution in [2.75, 3.05) is 12.4 Å². The highest BCUT2D eigenvalue weighted by molar-refractivity contribution is 7.89. The van der Waals surface area contributed by atoms with Gasteiger partial charge in [0, 0.05) is 24.7 Å². The number of rotatable bonds is 5. The number of nitrogens with zero attached hydrogens (tertiary/aromatic N) is 1. The van der Waals surface area contributed by atoms with E-state index in [2.05, 4.69) is 5.32 Å². The summed E-state index contributed by atoms with van der Waals surface area (Å²) in [6, 6.07) is 6.30. The Hall–Kier alpha value is -1.40. The second-order valence-corrected chi connectivity index (χ2v) is 8.46. The molecule has 1 aromatic carbocycles. The molecule has 1 aliphatic rings. The van der Waals surface area contributed by atoms with Gasteiger partial charge in [-0.15, -0.1) is 0 Å². The molecule has 0 bridgehead atoms. The van der Waals surface area contributed by atoms with Gasteiger partial charge in [0.1, 0.15) is 0 Å². The summed E-state index contributed by atoms with van der Waals surface area (Å²) in [5.41, 5.74) is 0.645. The molecule has 5 nitrogen and oxygen atoms in total. The zero-order valence-corrected chi connectivity index (χ0v) is 14.9. The van der Waals surface area contributed by atoms with Gasteiger partial charge in [-0.3, -0.25) is 4.79 Å².